The van der Waals surface area contributed by atoms with Crippen molar-refractivity contribution in [1.29, 1.82) is 0 Å². The van der Waals surface area contributed by atoms with Crippen LogP contribution in [0.25, 0.3) is 0 Å². The van der Waals surface area contributed by atoms with Crippen LogP contribution in [0.15, 0.2) is 11.6 Å². The molecule has 13 heavy (non-hydrogen) atoms. The van der Waals surface area contributed by atoms with Crippen molar-refractivity contribution in [3.63, 3.8) is 0 Å². The maximum atomic E-state index is 10.8. The molecule has 0 aromatic carbocycles. The van der Waals surface area contributed by atoms with Crippen LogP contribution in [0.3, 0.4) is 0 Å². The lowest BCUT2D eigenvalue weighted by Gasteiger charge is -1.97. The smallest absolute Gasteiger partial charge is 0.352 e. The van der Waals surface area contributed by atoms with Gasteiger partial charge in [-0.1, -0.05) is 6.08 Å². The third kappa shape index (κ3) is 2.70. The van der Waals surface area contributed by atoms with Crippen LogP contribution in [-0.4, -0.2) is 23.5 Å². The second kappa shape index (κ2) is 3.84. The van der Waals surface area contributed by atoms with E-state index in [2.05, 4.69) is 4.74 Å². The topological polar surface area (TPSA) is 80.7 Å². The molecule has 0 aliphatic heterocycles. The molecule has 0 bridgehead atoms. The molecule has 5 nitrogen and oxygen atoms in total. The summed E-state index contributed by atoms with van der Waals surface area (Å²) >= 11 is 0. The number of hydrogen-bond acceptors (Lipinski definition) is 4. The zero-order valence-corrected chi connectivity index (χ0v) is 6.73. The van der Waals surface area contributed by atoms with Gasteiger partial charge in [0.15, 0.2) is 0 Å². The number of carboxylic acid groups (broad SMARTS) is 1. The van der Waals surface area contributed by atoms with Crippen molar-refractivity contribution in [3.05, 3.63) is 11.6 Å². The first kappa shape index (κ1) is 9.44. The number of esters is 1. The second-order valence-corrected chi connectivity index (χ2v) is 2.72. The van der Waals surface area contributed by atoms with Crippen LogP contribution in [0.5, 0.6) is 0 Å². The second-order valence-electron chi connectivity index (χ2n) is 2.72. The van der Waals surface area contributed by atoms with Crippen molar-refractivity contribution < 1.29 is 24.2 Å². The molecule has 0 amide bonds. The Hall–Kier alpha value is -1.65. The molecule has 1 fully saturated rings. The monoisotopic (exact) mass is 184 g/mol. The quantitative estimate of drug-likeness (QED) is 0.220. The number of rotatable bonds is 4. The number of carboxylic acids is 1. The van der Waals surface area contributed by atoms with Crippen molar-refractivity contribution in [2.45, 2.75) is 12.8 Å². The summed E-state index contributed by atoms with van der Waals surface area (Å²) in [5.41, 5.74) is -0.463. The number of aliphatic carboxylic acids is 1. The highest BCUT2D eigenvalue weighted by Gasteiger charge is 2.26. The zero-order valence-electron chi connectivity index (χ0n) is 6.73. The van der Waals surface area contributed by atoms with Crippen LogP contribution < -0.4 is 0 Å². The number of hydrogen-bond donors (Lipinski definition) is 1. The molecule has 1 saturated carbocycles. The van der Waals surface area contributed by atoms with Crippen LogP contribution in [0.2, 0.25) is 0 Å². The molecule has 1 rings (SSSR count). The van der Waals surface area contributed by atoms with Crippen molar-refractivity contribution in [1.82, 2.24) is 0 Å². The Kier molecular flexibility index (Phi) is 2.79. The van der Waals surface area contributed by atoms with Crippen molar-refractivity contribution in [3.8, 4) is 0 Å². The molecule has 0 aromatic heterocycles. The Morgan fingerprint density at radius 3 is 2.38 bits per heavy atom. The molecular formula is C8H8O5. The summed E-state index contributed by atoms with van der Waals surface area (Å²) in [6, 6.07) is 0. The molecule has 1 N–H and O–H groups in total. The van der Waals surface area contributed by atoms with Gasteiger partial charge in [-0.15, -0.1) is 0 Å². The minimum absolute atomic E-state index is 0.0774. The fourth-order valence-electron chi connectivity index (χ4n) is 0.832. The van der Waals surface area contributed by atoms with Crippen molar-refractivity contribution in [2.75, 3.05) is 0 Å². The molecule has 0 heterocycles. The van der Waals surface area contributed by atoms with Gasteiger partial charge in [-0.3, -0.25) is 4.79 Å². The maximum Gasteiger partial charge on any atom is 0.352 e. The Bertz CT molecular complexity index is 274. The SMILES string of the molecule is O=COC(=O)C(=CC1CC1)C(=O)O. The normalized spacial score (nSPS) is 16.5. The molecule has 0 unspecified atom stereocenters. The maximum absolute atomic E-state index is 10.8. The molecule has 1 aliphatic carbocycles. The van der Waals surface area contributed by atoms with Crippen LogP contribution >= 0.6 is 0 Å². The third-order valence-corrected chi connectivity index (χ3v) is 1.63. The van der Waals surface area contributed by atoms with Crippen LogP contribution in [0, 0.1) is 5.92 Å². The standard InChI is InChI=1S/C8H8O5/c9-4-13-8(12)6(7(10)11)3-5-1-2-5/h3-5H,1-2H2,(H,10,11). The zero-order chi connectivity index (χ0) is 9.84. The molecule has 0 spiro atoms. The Morgan fingerprint density at radius 1 is 1.38 bits per heavy atom. The predicted molar refractivity (Wildman–Crippen MR) is 40.6 cm³/mol. The fourth-order valence-corrected chi connectivity index (χ4v) is 0.832. The van der Waals surface area contributed by atoms with E-state index in [0.717, 1.165) is 12.8 Å². The van der Waals surface area contributed by atoms with E-state index in [1.807, 2.05) is 0 Å². The van der Waals surface area contributed by atoms with E-state index in [9.17, 15) is 14.4 Å². The van der Waals surface area contributed by atoms with Gasteiger partial charge in [-0.2, -0.15) is 0 Å². The molecule has 0 saturated heterocycles. The van der Waals surface area contributed by atoms with E-state index in [1.165, 1.54) is 6.08 Å². The lowest BCUT2D eigenvalue weighted by atomic mass is 10.2. The molecule has 0 radical (unpaired) electrons. The van der Waals surface area contributed by atoms with Crippen LogP contribution in [0.1, 0.15) is 12.8 Å². The molecule has 1 aliphatic rings. The summed E-state index contributed by atoms with van der Waals surface area (Å²) in [6.07, 6.45) is 3.09. The summed E-state index contributed by atoms with van der Waals surface area (Å²) in [7, 11) is 0. The molecule has 5 heteroatoms. The highest BCUT2D eigenvalue weighted by Crippen LogP contribution is 2.31. The van der Waals surface area contributed by atoms with E-state index in [1.54, 1.807) is 0 Å². The fraction of sp³-hybridized carbons (Fsp3) is 0.375. The minimum atomic E-state index is -1.36. The van der Waals surface area contributed by atoms with Gasteiger partial charge in [-0.25, -0.2) is 9.59 Å². The van der Waals surface area contributed by atoms with E-state index in [4.69, 9.17) is 5.11 Å². The van der Waals surface area contributed by atoms with Gasteiger partial charge in [0, 0.05) is 0 Å². The number of ether oxygens (including phenoxy) is 1. The van der Waals surface area contributed by atoms with Gasteiger partial charge in [0.05, 0.1) is 0 Å². The molecular weight excluding hydrogens is 176 g/mol. The van der Waals surface area contributed by atoms with E-state index >= 15 is 0 Å². The van der Waals surface area contributed by atoms with Gasteiger partial charge < -0.3 is 9.84 Å². The Labute approximate surface area is 74.0 Å². The molecule has 0 atom stereocenters. The number of carbonyl (C=O) groups is 3. The van der Waals surface area contributed by atoms with Gasteiger partial charge >= 0.3 is 18.4 Å². The van der Waals surface area contributed by atoms with E-state index < -0.39 is 17.5 Å². The van der Waals surface area contributed by atoms with Gasteiger partial charge in [0.2, 0.25) is 0 Å². The first-order valence-electron chi connectivity index (χ1n) is 3.75. The minimum Gasteiger partial charge on any atom is -0.477 e. The summed E-state index contributed by atoms with van der Waals surface area (Å²) in [5, 5.41) is 8.56. The van der Waals surface area contributed by atoms with Gasteiger partial charge in [-0.05, 0) is 18.8 Å². The van der Waals surface area contributed by atoms with Crippen molar-refractivity contribution in [2.24, 2.45) is 5.92 Å². The number of carbonyl (C=O) groups excluding carboxylic acids is 2. The highest BCUT2D eigenvalue weighted by molar-refractivity contribution is 6.14. The average Bonchev–Trinajstić information content (AvgIpc) is 2.83. The number of allylic oxidation sites excluding steroid dienone is 1. The lowest BCUT2D eigenvalue weighted by Crippen LogP contribution is -2.15. The first-order valence-corrected chi connectivity index (χ1v) is 3.75. The van der Waals surface area contributed by atoms with E-state index in [0.29, 0.717) is 0 Å². The van der Waals surface area contributed by atoms with Crippen LogP contribution in [0.4, 0.5) is 0 Å². The average molecular weight is 184 g/mol. The highest BCUT2D eigenvalue weighted by atomic mass is 16.6. The summed E-state index contributed by atoms with van der Waals surface area (Å²) in [5.74, 6) is -2.32. The summed E-state index contributed by atoms with van der Waals surface area (Å²) in [4.78, 5) is 31.1. The lowest BCUT2D eigenvalue weighted by molar-refractivity contribution is -0.150. The van der Waals surface area contributed by atoms with Gasteiger partial charge in [0.25, 0.3) is 0 Å². The summed E-state index contributed by atoms with van der Waals surface area (Å²) < 4.78 is 3.93. The predicted octanol–water partition coefficient (Wildman–Crippen LogP) is 0.107. The largest absolute Gasteiger partial charge is 0.477 e. The molecule has 0 aromatic rings. The summed E-state index contributed by atoms with van der Waals surface area (Å²) in [6.45, 7) is -0.0774. The van der Waals surface area contributed by atoms with Gasteiger partial charge in [0.1, 0.15) is 5.57 Å². The Balaban J connectivity index is 2.71. The van der Waals surface area contributed by atoms with E-state index in [-0.39, 0.29) is 12.4 Å². The van der Waals surface area contributed by atoms with Crippen molar-refractivity contribution >= 4 is 18.4 Å². The Morgan fingerprint density at radius 2 is 2.00 bits per heavy atom. The van der Waals surface area contributed by atoms with Crippen LogP contribution in [-0.2, 0) is 19.1 Å². The first-order chi connectivity index (χ1) is 6.15. The molecule has 70 valence electrons. The third-order valence-electron chi connectivity index (χ3n) is 1.63.